The zero-order valence-corrected chi connectivity index (χ0v) is 31.9. The molecule has 57 heavy (non-hydrogen) atoms. The highest BCUT2D eigenvalue weighted by molar-refractivity contribution is 6.10. The Balaban J connectivity index is 1.15. The van der Waals surface area contributed by atoms with Gasteiger partial charge in [-0.05, 0) is 103 Å². The van der Waals surface area contributed by atoms with Crippen molar-refractivity contribution in [2.75, 3.05) is 4.90 Å². The molecule has 0 N–H and O–H groups in total. The molecule has 0 saturated carbocycles. The lowest BCUT2D eigenvalue weighted by Gasteiger charge is -2.31. The van der Waals surface area contributed by atoms with E-state index >= 15 is 0 Å². The van der Waals surface area contributed by atoms with Crippen molar-refractivity contribution in [3.63, 3.8) is 0 Å². The van der Waals surface area contributed by atoms with Gasteiger partial charge in [0.25, 0.3) is 0 Å². The van der Waals surface area contributed by atoms with Gasteiger partial charge in [-0.25, -0.2) is 0 Å². The van der Waals surface area contributed by atoms with Gasteiger partial charge in [0, 0.05) is 39.4 Å². The van der Waals surface area contributed by atoms with Gasteiger partial charge in [-0.15, -0.1) is 0 Å². The third-order valence-corrected chi connectivity index (χ3v) is 12.0. The van der Waals surface area contributed by atoms with Crippen LogP contribution in [0.5, 0.6) is 11.5 Å². The van der Waals surface area contributed by atoms with Crippen molar-refractivity contribution in [1.29, 1.82) is 0 Å². The highest BCUT2D eigenvalue weighted by Crippen LogP contribution is 2.56. The third kappa shape index (κ3) is 5.33. The minimum atomic E-state index is -0.144. The van der Waals surface area contributed by atoms with Crippen molar-refractivity contribution in [3.05, 3.63) is 211 Å². The molecule has 0 radical (unpaired) electrons. The average Bonchev–Trinajstić information content (AvgIpc) is 3.51. The monoisotopic (exact) mass is 729 g/mol. The number of ether oxygens (including phenoxy) is 1. The van der Waals surface area contributed by atoms with Gasteiger partial charge in [0.1, 0.15) is 11.5 Å². The van der Waals surface area contributed by atoms with Gasteiger partial charge in [0.2, 0.25) is 0 Å². The summed E-state index contributed by atoms with van der Waals surface area (Å²) in [7, 11) is 0. The molecule has 0 amide bonds. The Morgan fingerprint density at radius 3 is 1.70 bits per heavy atom. The number of benzene rings is 9. The number of anilines is 3. The molecule has 270 valence electrons. The van der Waals surface area contributed by atoms with Crippen LogP contribution in [0.25, 0.3) is 66.4 Å². The molecular weight excluding hydrogens is 691 g/mol. The third-order valence-electron chi connectivity index (χ3n) is 12.0. The molecule has 1 aliphatic carbocycles. The van der Waals surface area contributed by atoms with Crippen LogP contribution < -0.4 is 9.64 Å². The molecule has 0 atom stereocenters. The predicted molar refractivity (Wildman–Crippen MR) is 238 cm³/mol. The maximum Gasteiger partial charge on any atom is 0.137 e. The fourth-order valence-electron chi connectivity index (χ4n) is 9.31. The Labute approximate surface area is 333 Å². The predicted octanol–water partition coefficient (Wildman–Crippen LogP) is 15.4. The Bertz CT molecular complexity index is 2940. The van der Waals surface area contributed by atoms with Crippen molar-refractivity contribution < 1.29 is 4.74 Å². The second-order valence-electron chi connectivity index (χ2n) is 15.7. The number of hydrogen-bond acceptors (Lipinski definition) is 2. The molecule has 0 bridgehead atoms. The smallest absolute Gasteiger partial charge is 0.137 e. The zero-order valence-electron chi connectivity index (χ0n) is 31.9. The van der Waals surface area contributed by atoms with Crippen molar-refractivity contribution in [3.8, 4) is 67.1 Å². The largest absolute Gasteiger partial charge is 0.456 e. The Kier molecular flexibility index (Phi) is 7.55. The molecule has 0 spiro atoms. The van der Waals surface area contributed by atoms with E-state index in [1.807, 2.05) is 0 Å². The van der Waals surface area contributed by atoms with Gasteiger partial charge in [0.05, 0.1) is 5.69 Å². The van der Waals surface area contributed by atoms with Crippen LogP contribution in [0.4, 0.5) is 17.1 Å². The lowest BCUT2D eigenvalue weighted by molar-refractivity contribution is 0.487. The van der Waals surface area contributed by atoms with Gasteiger partial charge in [0.15, 0.2) is 0 Å². The van der Waals surface area contributed by atoms with Crippen LogP contribution in [0, 0.1) is 0 Å². The summed E-state index contributed by atoms with van der Waals surface area (Å²) in [5.74, 6) is 1.73. The Hall–Kier alpha value is -7.16. The highest BCUT2D eigenvalue weighted by Gasteiger charge is 2.38. The second kappa shape index (κ2) is 13.0. The van der Waals surface area contributed by atoms with Gasteiger partial charge in [-0.1, -0.05) is 166 Å². The molecule has 0 saturated heterocycles. The lowest BCUT2D eigenvalue weighted by Crippen LogP contribution is -2.16. The molecular formula is C55H39NO. The average molecular weight is 730 g/mol. The normalized spacial score (nSPS) is 13.0. The molecule has 2 aliphatic rings. The first kappa shape index (κ1) is 33.2. The van der Waals surface area contributed by atoms with E-state index in [1.54, 1.807) is 0 Å². The van der Waals surface area contributed by atoms with Crippen LogP contribution in [0.2, 0.25) is 0 Å². The van der Waals surface area contributed by atoms with Gasteiger partial charge < -0.3 is 9.64 Å². The minimum Gasteiger partial charge on any atom is -0.456 e. The fraction of sp³-hybridized carbons (Fsp3) is 0.0545. The van der Waals surface area contributed by atoms with E-state index in [9.17, 15) is 0 Å². The highest BCUT2D eigenvalue weighted by atomic mass is 16.5. The quantitative estimate of drug-likeness (QED) is 0.169. The standard InChI is InChI=1S/C55H39NO/c1-55(2)48-25-13-12-22-47(48)54-49(55)26-15-27-50(54)56(42-33-39(36-16-6-3-7-17-36)32-40(34-42)37-18-8-4-9-19-37)41-28-29-44-46-24-14-23-45-43(38-20-10-5-11-21-38)30-31-51(53(45)46)57-52(44)35-41/h3-35H,1-2H3. The maximum absolute atomic E-state index is 6.94. The molecule has 0 fully saturated rings. The van der Waals surface area contributed by atoms with Crippen LogP contribution in [-0.4, -0.2) is 0 Å². The van der Waals surface area contributed by atoms with E-state index in [0.717, 1.165) is 50.6 Å². The molecule has 1 heterocycles. The molecule has 2 nitrogen and oxygen atoms in total. The van der Waals surface area contributed by atoms with Gasteiger partial charge in [-0.3, -0.25) is 0 Å². The number of rotatable bonds is 6. The maximum atomic E-state index is 6.94. The molecule has 11 rings (SSSR count). The van der Waals surface area contributed by atoms with Crippen molar-refractivity contribution in [1.82, 2.24) is 0 Å². The van der Waals surface area contributed by atoms with E-state index in [0.29, 0.717) is 0 Å². The van der Waals surface area contributed by atoms with E-state index in [-0.39, 0.29) is 5.41 Å². The van der Waals surface area contributed by atoms with Gasteiger partial charge in [-0.2, -0.15) is 0 Å². The SMILES string of the molecule is CC1(C)c2ccccc2-c2c(N(c3cc(-c4ccccc4)cc(-c4ccccc4)c3)c3ccc4c(c3)Oc3ccc(-c5ccccc5)c5cccc-4c35)cccc21. The molecule has 0 aromatic heterocycles. The molecule has 2 heteroatoms. The first-order chi connectivity index (χ1) is 28.0. The van der Waals surface area contributed by atoms with Gasteiger partial charge >= 0.3 is 0 Å². The summed E-state index contributed by atoms with van der Waals surface area (Å²) in [4.78, 5) is 2.45. The first-order valence-corrected chi connectivity index (χ1v) is 19.8. The summed E-state index contributed by atoms with van der Waals surface area (Å²) in [6, 6.07) is 72.5. The summed E-state index contributed by atoms with van der Waals surface area (Å²) in [5, 5.41) is 2.35. The fourth-order valence-corrected chi connectivity index (χ4v) is 9.31. The van der Waals surface area contributed by atoms with Crippen LogP contribution in [-0.2, 0) is 5.41 Å². The topological polar surface area (TPSA) is 12.5 Å². The Morgan fingerprint density at radius 1 is 0.386 bits per heavy atom. The van der Waals surface area contributed by atoms with E-state index < -0.39 is 0 Å². The van der Waals surface area contributed by atoms with Crippen LogP contribution in [0.1, 0.15) is 25.0 Å². The molecule has 9 aromatic rings. The summed E-state index contributed by atoms with van der Waals surface area (Å²) in [6.45, 7) is 4.70. The number of fused-ring (bicyclic) bond motifs is 5. The summed E-state index contributed by atoms with van der Waals surface area (Å²) in [6.07, 6.45) is 0. The van der Waals surface area contributed by atoms with Crippen LogP contribution in [0.3, 0.4) is 0 Å². The van der Waals surface area contributed by atoms with Crippen molar-refractivity contribution in [2.45, 2.75) is 19.3 Å². The molecule has 1 aliphatic heterocycles. The van der Waals surface area contributed by atoms with Crippen molar-refractivity contribution in [2.24, 2.45) is 0 Å². The lowest BCUT2D eigenvalue weighted by atomic mass is 9.82. The summed E-state index contributed by atoms with van der Waals surface area (Å²) in [5.41, 5.74) is 17.7. The zero-order chi connectivity index (χ0) is 38.1. The molecule has 0 unspecified atom stereocenters. The minimum absolute atomic E-state index is 0.144. The number of nitrogens with zero attached hydrogens (tertiary/aromatic N) is 1. The van der Waals surface area contributed by atoms with Crippen LogP contribution >= 0.6 is 0 Å². The van der Waals surface area contributed by atoms with Crippen molar-refractivity contribution >= 4 is 27.8 Å². The van der Waals surface area contributed by atoms with E-state index in [4.69, 9.17) is 4.74 Å². The first-order valence-electron chi connectivity index (χ1n) is 19.8. The Morgan fingerprint density at radius 2 is 0.982 bits per heavy atom. The number of hydrogen-bond donors (Lipinski definition) is 0. The van der Waals surface area contributed by atoms with Crippen LogP contribution in [0.15, 0.2) is 200 Å². The summed E-state index contributed by atoms with van der Waals surface area (Å²) < 4.78 is 6.94. The van der Waals surface area contributed by atoms with E-state index in [2.05, 4.69) is 219 Å². The summed E-state index contributed by atoms with van der Waals surface area (Å²) >= 11 is 0. The van der Waals surface area contributed by atoms with E-state index in [1.165, 1.54) is 55.5 Å². The molecule has 9 aromatic carbocycles. The second-order valence-corrected chi connectivity index (χ2v) is 15.7.